The van der Waals surface area contributed by atoms with Crippen LogP contribution in [0.5, 0.6) is 0 Å². The fourth-order valence-corrected chi connectivity index (χ4v) is 4.99. The zero-order valence-corrected chi connectivity index (χ0v) is 17.1. The highest BCUT2D eigenvalue weighted by Gasteiger charge is 2.31. The third kappa shape index (κ3) is 4.07. The van der Waals surface area contributed by atoms with E-state index in [1.165, 1.54) is 0 Å². The summed E-state index contributed by atoms with van der Waals surface area (Å²) in [7, 11) is -3.51. The van der Waals surface area contributed by atoms with E-state index < -0.39 is 10.0 Å². The fourth-order valence-electron chi connectivity index (χ4n) is 3.08. The number of hydrogen-bond donors (Lipinski definition) is 0. The Kier molecular flexibility index (Phi) is 5.94. The molecule has 0 N–H and O–H groups in total. The average Bonchev–Trinajstić information content (AvgIpc) is 3.00. The second kappa shape index (κ2) is 7.86. The van der Waals surface area contributed by atoms with Crippen LogP contribution in [0.2, 0.25) is 10.0 Å². The first-order chi connectivity index (χ1) is 12.3. The Balaban J connectivity index is 1.65. The van der Waals surface area contributed by atoms with Crippen molar-refractivity contribution in [2.45, 2.75) is 31.8 Å². The number of benzene rings is 1. The molecule has 2 heterocycles. The lowest BCUT2D eigenvalue weighted by Crippen LogP contribution is -2.48. The van der Waals surface area contributed by atoms with E-state index in [4.69, 9.17) is 23.2 Å². The molecule has 1 aliphatic heterocycles. The number of nitrogens with zero attached hydrogens (tertiary/aromatic N) is 4. The van der Waals surface area contributed by atoms with Gasteiger partial charge in [-0.1, -0.05) is 29.3 Å². The van der Waals surface area contributed by atoms with Gasteiger partial charge in [-0.3, -0.25) is 9.58 Å². The Bertz CT molecular complexity index is 890. The summed E-state index contributed by atoms with van der Waals surface area (Å²) in [5.74, 6) is 0. The average molecular weight is 417 g/mol. The quantitative estimate of drug-likeness (QED) is 0.751. The number of aryl methyl sites for hydroxylation is 2. The van der Waals surface area contributed by atoms with Gasteiger partial charge in [-0.15, -0.1) is 0 Å². The highest BCUT2D eigenvalue weighted by molar-refractivity contribution is 7.89. The number of aromatic nitrogens is 2. The van der Waals surface area contributed by atoms with Crippen molar-refractivity contribution in [2.24, 2.45) is 0 Å². The minimum Gasteiger partial charge on any atom is -0.296 e. The first kappa shape index (κ1) is 19.6. The molecule has 26 heavy (non-hydrogen) atoms. The molecule has 0 amide bonds. The van der Waals surface area contributed by atoms with E-state index >= 15 is 0 Å². The van der Waals surface area contributed by atoms with Crippen molar-refractivity contribution in [3.8, 4) is 0 Å². The normalized spacial score (nSPS) is 16.9. The number of hydrogen-bond acceptors (Lipinski definition) is 4. The van der Waals surface area contributed by atoms with Gasteiger partial charge in [-0.25, -0.2) is 8.42 Å². The van der Waals surface area contributed by atoms with Gasteiger partial charge >= 0.3 is 0 Å². The van der Waals surface area contributed by atoms with E-state index in [-0.39, 0.29) is 0 Å². The van der Waals surface area contributed by atoms with Crippen LogP contribution in [0, 0.1) is 6.92 Å². The molecular weight excluding hydrogens is 395 g/mol. The minimum atomic E-state index is -3.51. The number of rotatable bonds is 5. The molecule has 0 saturated carbocycles. The number of piperazine rings is 1. The molecule has 0 aliphatic carbocycles. The Hall–Kier alpha value is -1.12. The molecule has 3 rings (SSSR count). The predicted molar refractivity (Wildman–Crippen MR) is 103 cm³/mol. The van der Waals surface area contributed by atoms with Gasteiger partial charge in [0.05, 0.1) is 15.7 Å². The van der Waals surface area contributed by atoms with Gasteiger partial charge in [0.15, 0.2) is 0 Å². The molecule has 2 aromatic rings. The molecule has 0 spiro atoms. The van der Waals surface area contributed by atoms with E-state index in [2.05, 4.69) is 10.00 Å². The maximum atomic E-state index is 12.9. The van der Waals surface area contributed by atoms with E-state index in [0.717, 1.165) is 12.1 Å². The Labute approximate surface area is 164 Å². The molecule has 0 bridgehead atoms. The molecule has 1 aromatic carbocycles. The van der Waals surface area contributed by atoms with Crippen molar-refractivity contribution in [3.05, 3.63) is 45.7 Å². The van der Waals surface area contributed by atoms with Gasteiger partial charge in [0, 0.05) is 45.5 Å². The van der Waals surface area contributed by atoms with Crippen molar-refractivity contribution in [1.29, 1.82) is 0 Å². The van der Waals surface area contributed by atoms with Crippen molar-refractivity contribution in [2.75, 3.05) is 26.2 Å². The van der Waals surface area contributed by atoms with Crippen LogP contribution >= 0.6 is 23.2 Å². The first-order valence-electron chi connectivity index (χ1n) is 8.51. The van der Waals surface area contributed by atoms with E-state index in [0.29, 0.717) is 53.4 Å². The molecule has 1 saturated heterocycles. The molecule has 0 radical (unpaired) electrons. The minimum absolute atomic E-state index is 0.303. The molecule has 9 heteroatoms. The lowest BCUT2D eigenvalue weighted by molar-refractivity contribution is 0.181. The summed E-state index contributed by atoms with van der Waals surface area (Å²) in [6, 6.07) is 5.59. The van der Waals surface area contributed by atoms with Crippen LogP contribution < -0.4 is 0 Å². The van der Waals surface area contributed by atoms with Crippen LogP contribution in [0.1, 0.15) is 18.2 Å². The largest absolute Gasteiger partial charge is 0.296 e. The summed E-state index contributed by atoms with van der Waals surface area (Å²) in [6.45, 7) is 7.29. The van der Waals surface area contributed by atoms with Crippen molar-refractivity contribution < 1.29 is 8.42 Å². The smallest absolute Gasteiger partial charge is 0.246 e. The maximum Gasteiger partial charge on any atom is 0.246 e. The molecule has 1 fully saturated rings. The molecule has 6 nitrogen and oxygen atoms in total. The van der Waals surface area contributed by atoms with Crippen molar-refractivity contribution in [3.63, 3.8) is 0 Å². The van der Waals surface area contributed by atoms with Crippen LogP contribution in [-0.2, 0) is 23.1 Å². The lowest BCUT2D eigenvalue weighted by atomic mass is 10.2. The number of sulfonamides is 1. The summed E-state index contributed by atoms with van der Waals surface area (Å²) < 4.78 is 29.0. The second-order valence-corrected chi connectivity index (χ2v) is 9.08. The van der Waals surface area contributed by atoms with Crippen LogP contribution in [0.15, 0.2) is 29.3 Å². The van der Waals surface area contributed by atoms with E-state index in [9.17, 15) is 8.42 Å². The number of halogens is 2. The fraction of sp³-hybridized carbons (Fsp3) is 0.471. The first-order valence-corrected chi connectivity index (χ1v) is 10.7. The standard InChI is InChI=1S/C17H22Cl2N4O2S/c1-3-22-12-17(13(2)20-22)26(24,25)23-8-6-21(7-9-23)11-14-4-5-15(18)16(19)10-14/h4-5,10,12H,3,6-9,11H2,1-2H3. The van der Waals surface area contributed by atoms with E-state index in [1.807, 2.05) is 19.1 Å². The lowest BCUT2D eigenvalue weighted by Gasteiger charge is -2.33. The van der Waals surface area contributed by atoms with Gasteiger partial charge in [-0.05, 0) is 31.5 Å². The highest BCUT2D eigenvalue weighted by Crippen LogP contribution is 2.24. The van der Waals surface area contributed by atoms with Gasteiger partial charge in [-0.2, -0.15) is 9.40 Å². The van der Waals surface area contributed by atoms with Gasteiger partial charge in [0.1, 0.15) is 4.90 Å². The molecule has 0 unspecified atom stereocenters. The molecular formula is C17H22Cl2N4O2S. The molecule has 1 aliphatic rings. The van der Waals surface area contributed by atoms with Gasteiger partial charge < -0.3 is 0 Å². The summed E-state index contributed by atoms with van der Waals surface area (Å²) in [5, 5.41) is 5.33. The van der Waals surface area contributed by atoms with Crippen LogP contribution in [0.3, 0.4) is 0 Å². The van der Waals surface area contributed by atoms with Crippen LogP contribution in [0.4, 0.5) is 0 Å². The summed E-state index contributed by atoms with van der Waals surface area (Å²) in [6.07, 6.45) is 1.62. The predicted octanol–water partition coefficient (Wildman–Crippen LogP) is 3.02. The Morgan fingerprint density at radius 2 is 1.81 bits per heavy atom. The zero-order valence-electron chi connectivity index (χ0n) is 14.8. The van der Waals surface area contributed by atoms with Crippen LogP contribution in [-0.4, -0.2) is 53.6 Å². The summed E-state index contributed by atoms with van der Waals surface area (Å²) in [4.78, 5) is 2.52. The van der Waals surface area contributed by atoms with Crippen LogP contribution in [0.25, 0.3) is 0 Å². The maximum absolute atomic E-state index is 12.9. The van der Waals surface area contributed by atoms with Crippen molar-refractivity contribution in [1.82, 2.24) is 19.0 Å². The third-order valence-corrected chi connectivity index (χ3v) is 7.31. The second-order valence-electron chi connectivity index (χ2n) is 6.36. The Morgan fingerprint density at radius 1 is 1.12 bits per heavy atom. The van der Waals surface area contributed by atoms with Gasteiger partial charge in [0.2, 0.25) is 10.0 Å². The molecule has 142 valence electrons. The molecule has 0 atom stereocenters. The summed E-state index contributed by atoms with van der Waals surface area (Å²) in [5.41, 5.74) is 1.61. The monoisotopic (exact) mass is 416 g/mol. The Morgan fingerprint density at radius 3 is 2.38 bits per heavy atom. The van der Waals surface area contributed by atoms with Gasteiger partial charge in [0.25, 0.3) is 0 Å². The zero-order chi connectivity index (χ0) is 18.9. The topological polar surface area (TPSA) is 58.4 Å². The highest BCUT2D eigenvalue weighted by atomic mass is 35.5. The SMILES string of the molecule is CCn1cc(S(=O)(=O)N2CCN(Cc3ccc(Cl)c(Cl)c3)CC2)c(C)n1. The third-order valence-electron chi connectivity index (χ3n) is 4.56. The van der Waals surface area contributed by atoms with Crippen molar-refractivity contribution >= 4 is 33.2 Å². The molecule has 1 aromatic heterocycles. The van der Waals surface area contributed by atoms with E-state index in [1.54, 1.807) is 28.2 Å². The summed E-state index contributed by atoms with van der Waals surface area (Å²) >= 11 is 12.0.